The van der Waals surface area contributed by atoms with Crippen molar-refractivity contribution >= 4 is 0 Å². The van der Waals surface area contributed by atoms with Crippen LogP contribution in [0.2, 0.25) is 0 Å². The summed E-state index contributed by atoms with van der Waals surface area (Å²) in [5, 5.41) is 20.8. The number of benzene rings is 1. The highest BCUT2D eigenvalue weighted by Crippen LogP contribution is 2.50. The molecule has 1 atom stereocenters. The number of aliphatic hydroxyl groups excluding tert-OH is 1. The predicted octanol–water partition coefficient (Wildman–Crippen LogP) is 3.61. The Morgan fingerprint density at radius 1 is 1.13 bits per heavy atom. The number of hydrogen-bond donors (Lipinski definition) is 1. The minimum atomic E-state index is -0.568. The Morgan fingerprint density at radius 3 is 2.30 bits per heavy atom. The van der Waals surface area contributed by atoms with Crippen LogP contribution in [0.5, 0.6) is 0 Å². The molecule has 3 fully saturated rings. The summed E-state index contributed by atoms with van der Waals surface area (Å²) in [6, 6.07) is 13.3. The second-order valence-electron chi connectivity index (χ2n) is 10.9. The molecule has 164 valence electrons. The molecule has 1 aromatic carbocycles. The lowest BCUT2D eigenvalue weighted by Gasteiger charge is -2.51. The van der Waals surface area contributed by atoms with Crippen molar-refractivity contribution in [3.05, 3.63) is 35.9 Å². The molecule has 1 spiro atoms. The van der Waals surface area contributed by atoms with Crippen molar-refractivity contribution in [3.63, 3.8) is 0 Å². The van der Waals surface area contributed by atoms with E-state index < -0.39 is 11.8 Å². The molecule has 2 saturated carbocycles. The van der Waals surface area contributed by atoms with Gasteiger partial charge in [0.25, 0.3) is 0 Å². The first-order valence-electron chi connectivity index (χ1n) is 11.5. The van der Waals surface area contributed by atoms with Crippen LogP contribution in [0.3, 0.4) is 0 Å². The van der Waals surface area contributed by atoms with Crippen molar-refractivity contribution < 1.29 is 5.11 Å². The highest BCUT2D eigenvalue weighted by Gasteiger charge is 2.55. The van der Waals surface area contributed by atoms with Gasteiger partial charge in [-0.05, 0) is 77.9 Å². The molecule has 1 aliphatic heterocycles. The second kappa shape index (κ2) is 7.91. The molecule has 5 nitrogen and oxygen atoms in total. The summed E-state index contributed by atoms with van der Waals surface area (Å²) < 4.78 is 0. The number of hydrogen-bond acceptors (Lipinski definition) is 5. The molecule has 3 aliphatic rings. The standard InChI is InChI=1S/C25H38N4O/c1-23(2,17-26)18-28-19-24(29(22(28)30)16-20-10-11-20)12-14-25(15-13-24,27(3)4)21-8-6-5-7-9-21/h5-9,20,22,30H,10-16,18-19H2,1-4H3/t22?,24-,25+. The van der Waals surface area contributed by atoms with E-state index in [9.17, 15) is 10.4 Å². The van der Waals surface area contributed by atoms with Crippen molar-refractivity contribution in [2.24, 2.45) is 11.3 Å². The first kappa shape index (κ1) is 21.8. The maximum absolute atomic E-state index is 11.3. The van der Waals surface area contributed by atoms with E-state index >= 15 is 0 Å². The number of rotatable bonds is 6. The van der Waals surface area contributed by atoms with E-state index in [0.717, 1.165) is 44.7 Å². The van der Waals surface area contributed by atoms with Crippen LogP contribution in [0.1, 0.15) is 57.9 Å². The summed E-state index contributed by atoms with van der Waals surface area (Å²) >= 11 is 0. The molecule has 1 aromatic rings. The van der Waals surface area contributed by atoms with Crippen LogP contribution in [0.15, 0.2) is 30.3 Å². The lowest BCUT2D eigenvalue weighted by molar-refractivity contribution is -0.0974. The van der Waals surface area contributed by atoms with E-state index in [4.69, 9.17) is 0 Å². The average Bonchev–Trinajstić information content (AvgIpc) is 3.52. The van der Waals surface area contributed by atoms with Crippen LogP contribution >= 0.6 is 0 Å². The summed E-state index contributed by atoms with van der Waals surface area (Å²) in [4.78, 5) is 6.97. The van der Waals surface area contributed by atoms with Gasteiger partial charge >= 0.3 is 0 Å². The summed E-state index contributed by atoms with van der Waals surface area (Å²) in [6.45, 7) is 6.42. The first-order chi connectivity index (χ1) is 14.2. The van der Waals surface area contributed by atoms with Gasteiger partial charge in [-0.2, -0.15) is 5.26 Å². The first-order valence-corrected chi connectivity index (χ1v) is 11.5. The third-order valence-electron chi connectivity index (χ3n) is 7.94. The van der Waals surface area contributed by atoms with E-state index in [2.05, 4.69) is 65.2 Å². The van der Waals surface area contributed by atoms with E-state index in [1.54, 1.807) is 0 Å². The summed E-state index contributed by atoms with van der Waals surface area (Å²) in [5.41, 5.74) is 1.02. The van der Waals surface area contributed by atoms with Gasteiger partial charge in [0.2, 0.25) is 0 Å². The lowest BCUT2D eigenvalue weighted by atomic mass is 9.68. The zero-order chi connectivity index (χ0) is 21.6. The van der Waals surface area contributed by atoms with Crippen LogP contribution in [-0.4, -0.2) is 65.4 Å². The maximum atomic E-state index is 11.3. The van der Waals surface area contributed by atoms with Crippen LogP contribution in [0, 0.1) is 22.7 Å². The third kappa shape index (κ3) is 3.91. The zero-order valence-corrected chi connectivity index (χ0v) is 19.1. The molecular weight excluding hydrogens is 372 g/mol. The highest BCUT2D eigenvalue weighted by molar-refractivity contribution is 5.26. The molecule has 1 unspecified atom stereocenters. The Balaban J connectivity index is 1.58. The highest BCUT2D eigenvalue weighted by atomic mass is 16.3. The molecule has 5 heteroatoms. The number of aliphatic hydroxyl groups is 1. The molecule has 1 saturated heterocycles. The van der Waals surface area contributed by atoms with Crippen molar-refractivity contribution in [2.45, 2.75) is 69.8 Å². The monoisotopic (exact) mass is 410 g/mol. The van der Waals surface area contributed by atoms with Crippen LogP contribution in [0.25, 0.3) is 0 Å². The fourth-order valence-corrected chi connectivity index (χ4v) is 5.86. The maximum Gasteiger partial charge on any atom is 0.166 e. The topological polar surface area (TPSA) is 53.7 Å². The smallest absolute Gasteiger partial charge is 0.166 e. The molecule has 4 rings (SSSR count). The normalized spacial score (nSPS) is 33.3. The van der Waals surface area contributed by atoms with Gasteiger partial charge in [0.1, 0.15) is 0 Å². The van der Waals surface area contributed by atoms with Crippen molar-refractivity contribution in [1.29, 1.82) is 5.26 Å². The average molecular weight is 411 g/mol. The van der Waals surface area contributed by atoms with E-state index in [1.807, 2.05) is 13.8 Å². The Hall–Kier alpha value is -1.45. The molecule has 2 aliphatic carbocycles. The van der Waals surface area contributed by atoms with Crippen molar-refractivity contribution in [1.82, 2.24) is 14.7 Å². The lowest BCUT2D eigenvalue weighted by Crippen LogP contribution is -2.56. The van der Waals surface area contributed by atoms with Gasteiger partial charge in [0, 0.05) is 30.7 Å². The van der Waals surface area contributed by atoms with Crippen LogP contribution < -0.4 is 0 Å². The quantitative estimate of drug-likeness (QED) is 0.776. The minimum absolute atomic E-state index is 0.0157. The van der Waals surface area contributed by atoms with E-state index in [0.29, 0.717) is 6.54 Å². The number of nitrogens with zero attached hydrogens (tertiary/aromatic N) is 4. The molecule has 0 radical (unpaired) electrons. The van der Waals surface area contributed by atoms with E-state index in [1.165, 1.54) is 18.4 Å². The molecule has 0 amide bonds. The summed E-state index contributed by atoms with van der Waals surface area (Å²) in [7, 11) is 4.41. The minimum Gasteiger partial charge on any atom is -0.365 e. The zero-order valence-electron chi connectivity index (χ0n) is 19.1. The third-order valence-corrected chi connectivity index (χ3v) is 7.94. The van der Waals surface area contributed by atoms with Gasteiger partial charge in [-0.1, -0.05) is 30.3 Å². The summed E-state index contributed by atoms with van der Waals surface area (Å²) in [5.74, 6) is 0.732. The van der Waals surface area contributed by atoms with Crippen molar-refractivity contribution in [2.75, 3.05) is 33.7 Å². The van der Waals surface area contributed by atoms with E-state index in [-0.39, 0.29) is 11.1 Å². The Kier molecular flexibility index (Phi) is 5.74. The molecule has 1 N–H and O–H groups in total. The second-order valence-corrected chi connectivity index (χ2v) is 10.9. The Bertz CT molecular complexity index is 772. The SMILES string of the molecule is CN(C)[C@]1(c2ccccc2)CC[C@]2(CC1)CN(CC(C)(C)C#N)C(O)N2CC1CC1. The molecule has 30 heavy (non-hydrogen) atoms. The largest absolute Gasteiger partial charge is 0.365 e. The number of nitriles is 1. The van der Waals surface area contributed by atoms with Gasteiger partial charge in [0.05, 0.1) is 11.5 Å². The van der Waals surface area contributed by atoms with Crippen molar-refractivity contribution in [3.8, 4) is 6.07 Å². The van der Waals surface area contributed by atoms with Crippen LogP contribution in [0.4, 0.5) is 0 Å². The molecule has 0 bridgehead atoms. The predicted molar refractivity (Wildman–Crippen MR) is 119 cm³/mol. The Labute approximate surface area is 182 Å². The fraction of sp³-hybridized carbons (Fsp3) is 0.720. The Morgan fingerprint density at radius 2 is 1.77 bits per heavy atom. The molecule has 1 heterocycles. The van der Waals surface area contributed by atoms with Crippen LogP contribution in [-0.2, 0) is 5.54 Å². The molecular formula is C25H38N4O. The van der Waals surface area contributed by atoms with Gasteiger partial charge in [0.15, 0.2) is 6.35 Å². The molecule has 0 aromatic heterocycles. The summed E-state index contributed by atoms with van der Waals surface area (Å²) in [6.07, 6.45) is 6.34. The van der Waals surface area contributed by atoms with Gasteiger partial charge < -0.3 is 5.11 Å². The van der Waals surface area contributed by atoms with Gasteiger partial charge in [-0.3, -0.25) is 14.7 Å². The van der Waals surface area contributed by atoms with Gasteiger partial charge in [-0.15, -0.1) is 0 Å². The fourth-order valence-electron chi connectivity index (χ4n) is 5.86. The van der Waals surface area contributed by atoms with Gasteiger partial charge in [-0.25, -0.2) is 0 Å².